The van der Waals surface area contributed by atoms with E-state index in [1.54, 1.807) is 31.3 Å². The number of benzene rings is 1. The molecule has 6 rings (SSSR count). The van der Waals surface area contributed by atoms with Crippen LogP contribution in [0.2, 0.25) is 0 Å². The summed E-state index contributed by atoms with van der Waals surface area (Å²) in [6.07, 6.45) is 0. The van der Waals surface area contributed by atoms with Gasteiger partial charge in [-0.15, -0.1) is 22.7 Å². The number of fused-ring (bicyclic) bond motifs is 6. The summed E-state index contributed by atoms with van der Waals surface area (Å²) in [5, 5.41) is 29.8. The van der Waals surface area contributed by atoms with Gasteiger partial charge in [0.2, 0.25) is 10.0 Å². The highest BCUT2D eigenvalue weighted by Crippen LogP contribution is 2.46. The van der Waals surface area contributed by atoms with Gasteiger partial charge in [0, 0.05) is 7.05 Å². The van der Waals surface area contributed by atoms with Gasteiger partial charge < -0.3 is 9.69 Å². The smallest absolute Gasteiger partial charge is 0.350 e. The Morgan fingerprint density at radius 3 is 1.61 bits per heavy atom. The van der Waals surface area contributed by atoms with Crippen molar-refractivity contribution in [2.45, 2.75) is 0 Å². The van der Waals surface area contributed by atoms with Crippen molar-refractivity contribution in [3.05, 3.63) is 47.1 Å². The third-order valence-corrected chi connectivity index (χ3v) is 9.64. The Hall–Kier alpha value is -4.90. The van der Waals surface area contributed by atoms with E-state index >= 15 is 0 Å². The molecule has 5 aromatic heterocycles. The van der Waals surface area contributed by atoms with Gasteiger partial charge in [0.1, 0.15) is 44.2 Å². The normalized spacial score (nSPS) is 12.0. The molecule has 0 amide bonds. The molecule has 0 aliphatic carbocycles. The number of aliphatic imine (C=N–C) groups is 2. The average molecular weight is 566 g/mol. The summed E-state index contributed by atoms with van der Waals surface area (Å²) in [6.45, 7) is 14.1. The fourth-order valence-electron chi connectivity index (χ4n) is 3.57. The lowest BCUT2D eigenvalue weighted by Crippen LogP contribution is -1.90. The minimum atomic E-state index is -0.219. The molecular formula is C23H7N11S4. The van der Waals surface area contributed by atoms with Crippen LogP contribution < -0.4 is 0 Å². The van der Waals surface area contributed by atoms with E-state index in [1.807, 2.05) is 12.1 Å². The molecule has 0 spiro atoms. The molecule has 6 aromatic rings. The maximum atomic E-state index is 9.01. The predicted octanol–water partition coefficient (Wildman–Crippen LogP) is 6.59. The van der Waals surface area contributed by atoms with Crippen molar-refractivity contribution < 1.29 is 0 Å². The molecule has 0 radical (unpaired) electrons. The lowest BCUT2D eigenvalue weighted by atomic mass is 10.2. The Labute approximate surface area is 229 Å². The van der Waals surface area contributed by atoms with Gasteiger partial charge in [-0.05, 0) is 24.3 Å². The molecule has 15 heteroatoms. The maximum absolute atomic E-state index is 9.01. The topological polar surface area (TPSA) is 138 Å². The number of hydrogen-bond acceptors (Lipinski definition) is 12. The van der Waals surface area contributed by atoms with E-state index in [4.69, 9.17) is 33.6 Å². The standard InChI is InChI=1S/C23H7N11S4/c1-26-12(8-24)28-14-6-4-10(35-14)22-30-18-16-17(33-34(3)32-16)19-21(20(18)37-22)38-23(31-19)11-5-7-15(36-11)29-13(9-25)27-2/h4-7H,3H3. The maximum Gasteiger partial charge on any atom is 0.350 e. The molecule has 5 heterocycles. The molecule has 0 atom stereocenters. The van der Waals surface area contributed by atoms with Gasteiger partial charge in [-0.1, -0.05) is 45.8 Å². The van der Waals surface area contributed by atoms with Gasteiger partial charge in [-0.2, -0.15) is 15.0 Å². The summed E-state index contributed by atoms with van der Waals surface area (Å²) in [4.78, 5) is 27.4. The second-order valence-electron chi connectivity index (χ2n) is 7.37. The summed E-state index contributed by atoms with van der Waals surface area (Å²) in [6, 6.07) is 10.8. The van der Waals surface area contributed by atoms with Crippen LogP contribution in [0.15, 0.2) is 34.3 Å². The van der Waals surface area contributed by atoms with Gasteiger partial charge in [0.25, 0.3) is 0 Å². The average Bonchev–Trinajstić information content (AvgIpc) is 3.74. The van der Waals surface area contributed by atoms with Gasteiger partial charge in [0.05, 0.1) is 19.2 Å². The van der Waals surface area contributed by atoms with Crippen LogP contribution in [-0.2, 0) is 7.05 Å². The van der Waals surface area contributed by atoms with Crippen LogP contribution in [0.25, 0.3) is 60.9 Å². The predicted molar refractivity (Wildman–Crippen MR) is 150 cm³/mol. The minimum absolute atomic E-state index is 0.219. The SMILES string of the molecule is [C-]#[N+]C(C#N)=Nc1ccc(-c2nc3c4nn(C)nc4c4nc(-c5ccc(N=C(C#N)[N+]#[C-])s5)sc4c3s2)s1. The second kappa shape index (κ2) is 9.20. The highest BCUT2D eigenvalue weighted by molar-refractivity contribution is 7.32. The molecule has 1 aromatic carbocycles. The molecule has 0 N–H and O–H groups in total. The van der Waals surface area contributed by atoms with E-state index in [0.29, 0.717) is 21.0 Å². The van der Waals surface area contributed by atoms with E-state index in [2.05, 4.69) is 29.9 Å². The number of thiazole rings is 2. The van der Waals surface area contributed by atoms with E-state index in [-0.39, 0.29) is 11.7 Å². The zero-order valence-electron chi connectivity index (χ0n) is 18.9. The van der Waals surface area contributed by atoms with Crippen LogP contribution in [0.3, 0.4) is 0 Å². The Morgan fingerprint density at radius 1 is 0.763 bits per heavy atom. The monoisotopic (exact) mass is 565 g/mol. The van der Waals surface area contributed by atoms with Crippen molar-refractivity contribution in [1.82, 2.24) is 25.0 Å². The summed E-state index contributed by atoms with van der Waals surface area (Å²) < 4.78 is 1.86. The number of rotatable bonds is 4. The number of amidine groups is 2. The van der Waals surface area contributed by atoms with Crippen molar-refractivity contribution in [3.8, 4) is 31.9 Å². The molecule has 0 aliphatic rings. The van der Waals surface area contributed by atoms with Crippen LogP contribution in [0.4, 0.5) is 10.0 Å². The van der Waals surface area contributed by atoms with Crippen LogP contribution in [0, 0.1) is 35.8 Å². The summed E-state index contributed by atoms with van der Waals surface area (Å²) >= 11 is 5.71. The van der Waals surface area contributed by atoms with Gasteiger partial charge in [0.15, 0.2) is 0 Å². The summed E-state index contributed by atoms with van der Waals surface area (Å²) in [5.41, 5.74) is 2.74. The quantitative estimate of drug-likeness (QED) is 0.134. The highest BCUT2D eigenvalue weighted by Gasteiger charge is 2.23. The number of nitrogens with zero attached hydrogens (tertiary/aromatic N) is 11. The van der Waals surface area contributed by atoms with E-state index in [1.165, 1.54) is 50.1 Å². The molecule has 0 fully saturated rings. The van der Waals surface area contributed by atoms with Gasteiger partial charge >= 0.3 is 11.7 Å². The Bertz CT molecular complexity index is 1970. The molecule has 0 bridgehead atoms. The molecule has 0 saturated heterocycles. The summed E-state index contributed by atoms with van der Waals surface area (Å²) in [5.74, 6) is -0.438. The van der Waals surface area contributed by atoms with Crippen LogP contribution in [-0.4, -0.2) is 36.6 Å². The fourth-order valence-corrected chi connectivity index (χ4v) is 7.70. The van der Waals surface area contributed by atoms with Crippen molar-refractivity contribution in [1.29, 1.82) is 10.5 Å². The van der Waals surface area contributed by atoms with Crippen LogP contribution in [0.1, 0.15) is 0 Å². The van der Waals surface area contributed by atoms with E-state index in [0.717, 1.165) is 40.2 Å². The number of hydrogen-bond donors (Lipinski definition) is 0. The molecule has 0 unspecified atom stereocenters. The molecule has 0 saturated carbocycles. The highest BCUT2D eigenvalue weighted by atomic mass is 32.1. The molecular weight excluding hydrogens is 559 g/mol. The second-order valence-corrected chi connectivity index (χ2v) is 11.5. The van der Waals surface area contributed by atoms with Crippen LogP contribution in [0.5, 0.6) is 0 Å². The first-order chi connectivity index (χ1) is 18.5. The lowest BCUT2D eigenvalue weighted by molar-refractivity contribution is 0.666. The Kier molecular flexibility index (Phi) is 5.69. The molecule has 38 heavy (non-hydrogen) atoms. The zero-order chi connectivity index (χ0) is 26.4. The summed E-state index contributed by atoms with van der Waals surface area (Å²) in [7, 11) is 1.75. The van der Waals surface area contributed by atoms with Crippen LogP contribution >= 0.6 is 45.3 Å². The lowest BCUT2D eigenvalue weighted by Gasteiger charge is -1.91. The van der Waals surface area contributed by atoms with Crippen molar-refractivity contribution in [2.75, 3.05) is 0 Å². The number of nitriles is 2. The van der Waals surface area contributed by atoms with Crippen molar-refractivity contribution in [2.24, 2.45) is 17.0 Å². The van der Waals surface area contributed by atoms with Gasteiger partial charge in [-0.25, -0.2) is 20.5 Å². The minimum Gasteiger partial charge on any atom is -0.351 e. The first-order valence-electron chi connectivity index (χ1n) is 10.4. The first-order valence-corrected chi connectivity index (χ1v) is 13.6. The van der Waals surface area contributed by atoms with Crippen molar-refractivity contribution >= 4 is 98.5 Å². The first kappa shape index (κ1) is 23.5. The number of thiophene rings is 2. The zero-order valence-corrected chi connectivity index (χ0v) is 22.1. The third kappa shape index (κ3) is 3.89. The number of aryl methyl sites for hydroxylation is 1. The van der Waals surface area contributed by atoms with E-state index < -0.39 is 0 Å². The number of aromatic nitrogens is 5. The molecule has 0 aliphatic heterocycles. The molecule has 11 nitrogen and oxygen atoms in total. The van der Waals surface area contributed by atoms with E-state index in [9.17, 15) is 0 Å². The Balaban J connectivity index is 1.51. The third-order valence-electron chi connectivity index (χ3n) is 5.07. The largest absolute Gasteiger partial charge is 0.351 e. The van der Waals surface area contributed by atoms with Gasteiger partial charge in [-0.3, -0.25) is 0 Å². The Morgan fingerprint density at radius 2 is 1.21 bits per heavy atom. The molecule has 178 valence electrons. The van der Waals surface area contributed by atoms with Crippen molar-refractivity contribution in [3.63, 3.8) is 0 Å². The fraction of sp³-hybridized carbons (Fsp3) is 0.0435.